The summed E-state index contributed by atoms with van der Waals surface area (Å²) >= 11 is 0. The lowest BCUT2D eigenvalue weighted by Gasteiger charge is -2.12. The first-order valence-corrected chi connectivity index (χ1v) is 7.11. The second-order valence-corrected chi connectivity index (χ2v) is 6.07. The number of methoxy groups -OCH3 is 2. The fraction of sp³-hybridized carbons (Fsp3) is 0.400. The zero-order valence-electron chi connectivity index (χ0n) is 9.37. The van der Waals surface area contributed by atoms with Crippen LogP contribution in [-0.4, -0.2) is 22.6 Å². The normalized spacial score (nSPS) is 11.3. The number of alkyl halides is 1. The van der Waals surface area contributed by atoms with Gasteiger partial charge in [0.15, 0.2) is 0 Å². The van der Waals surface area contributed by atoms with Crippen LogP contribution in [-0.2, 0) is 21.5 Å². The molecule has 1 rings (SSSR count). The topological polar surface area (TPSA) is 52.6 Å². The Morgan fingerprint density at radius 3 is 2.12 bits per heavy atom. The van der Waals surface area contributed by atoms with Crippen molar-refractivity contribution in [3.05, 3.63) is 23.3 Å². The van der Waals surface area contributed by atoms with Gasteiger partial charge in [0.1, 0.15) is 18.2 Å². The van der Waals surface area contributed by atoms with Crippen molar-refractivity contribution in [2.45, 2.75) is 12.4 Å². The summed E-state index contributed by atoms with van der Waals surface area (Å²) in [5.74, 6) is 0.178. The van der Waals surface area contributed by atoms with E-state index in [9.17, 15) is 12.8 Å². The Kier molecular flexibility index (Phi) is 4.59. The van der Waals surface area contributed by atoms with Crippen LogP contribution in [0.15, 0.2) is 12.1 Å². The Labute approximate surface area is 104 Å². The smallest absolute Gasteiger partial charge is 0.236 e. The lowest BCUT2D eigenvalue weighted by Crippen LogP contribution is -2.01. The second-order valence-electron chi connectivity index (χ2n) is 3.29. The van der Waals surface area contributed by atoms with E-state index in [1.54, 1.807) is 0 Å². The molecule has 7 heteroatoms. The van der Waals surface area contributed by atoms with Gasteiger partial charge >= 0.3 is 0 Å². The zero-order valence-corrected chi connectivity index (χ0v) is 10.9. The Hall–Kier alpha value is -1.01. The van der Waals surface area contributed by atoms with Gasteiger partial charge in [-0.05, 0) is 6.07 Å². The molecular weight excluding hydrogens is 271 g/mol. The molecule has 0 aliphatic heterocycles. The molecule has 0 amide bonds. The summed E-state index contributed by atoms with van der Waals surface area (Å²) in [6.45, 7) is -0.761. The van der Waals surface area contributed by atoms with Crippen LogP contribution in [0.25, 0.3) is 0 Å². The molecule has 1 aromatic carbocycles. The minimum atomic E-state index is -3.73. The van der Waals surface area contributed by atoms with E-state index in [0.717, 1.165) is 0 Å². The molecule has 4 nitrogen and oxygen atoms in total. The number of hydrogen-bond donors (Lipinski definition) is 0. The van der Waals surface area contributed by atoms with Gasteiger partial charge in [0.2, 0.25) is 9.05 Å². The molecule has 0 spiro atoms. The lowest BCUT2D eigenvalue weighted by atomic mass is 10.1. The molecule has 96 valence electrons. The van der Waals surface area contributed by atoms with Crippen molar-refractivity contribution in [2.75, 3.05) is 14.2 Å². The number of ether oxygens (including phenoxy) is 2. The van der Waals surface area contributed by atoms with Crippen LogP contribution in [0.4, 0.5) is 4.39 Å². The molecule has 17 heavy (non-hydrogen) atoms. The minimum absolute atomic E-state index is 0.253. The molecule has 0 aliphatic carbocycles. The third kappa shape index (κ3) is 3.74. The molecule has 0 bridgehead atoms. The van der Waals surface area contributed by atoms with Gasteiger partial charge in [-0.25, -0.2) is 12.8 Å². The van der Waals surface area contributed by atoms with Crippen molar-refractivity contribution >= 4 is 19.7 Å². The van der Waals surface area contributed by atoms with Crippen LogP contribution in [0, 0.1) is 0 Å². The fourth-order valence-corrected chi connectivity index (χ4v) is 2.39. The van der Waals surface area contributed by atoms with Crippen molar-refractivity contribution in [3.8, 4) is 11.5 Å². The summed E-state index contributed by atoms with van der Waals surface area (Å²) in [5, 5.41) is 0. The van der Waals surface area contributed by atoms with E-state index >= 15 is 0 Å². The molecule has 0 aliphatic rings. The monoisotopic (exact) mass is 282 g/mol. The minimum Gasteiger partial charge on any atom is -0.496 e. The predicted molar refractivity (Wildman–Crippen MR) is 62.8 cm³/mol. The van der Waals surface area contributed by atoms with Crippen molar-refractivity contribution in [1.29, 1.82) is 0 Å². The van der Waals surface area contributed by atoms with Crippen LogP contribution in [0.1, 0.15) is 11.1 Å². The highest BCUT2D eigenvalue weighted by atomic mass is 35.7. The van der Waals surface area contributed by atoms with Crippen LogP contribution in [0.2, 0.25) is 0 Å². The van der Waals surface area contributed by atoms with Gasteiger partial charge in [0.05, 0.1) is 20.0 Å². The molecule has 0 radical (unpaired) electrons. The number of hydrogen-bond acceptors (Lipinski definition) is 4. The maximum absolute atomic E-state index is 12.7. The van der Waals surface area contributed by atoms with Crippen LogP contribution in [0.5, 0.6) is 11.5 Å². The van der Waals surface area contributed by atoms with Crippen molar-refractivity contribution < 1.29 is 22.3 Å². The van der Waals surface area contributed by atoms with Crippen molar-refractivity contribution in [2.24, 2.45) is 0 Å². The largest absolute Gasteiger partial charge is 0.496 e. The Morgan fingerprint density at radius 2 is 1.71 bits per heavy atom. The number of halogens is 2. The summed E-state index contributed by atoms with van der Waals surface area (Å²) in [5.41, 5.74) is 0.555. The highest BCUT2D eigenvalue weighted by molar-refractivity contribution is 8.13. The van der Waals surface area contributed by atoms with Crippen LogP contribution < -0.4 is 9.47 Å². The molecule has 0 saturated heterocycles. The summed E-state index contributed by atoms with van der Waals surface area (Å²) in [4.78, 5) is 0. The van der Waals surface area contributed by atoms with Gasteiger partial charge in [-0.2, -0.15) is 0 Å². The first-order chi connectivity index (χ1) is 7.91. The maximum Gasteiger partial charge on any atom is 0.236 e. The summed E-state index contributed by atoms with van der Waals surface area (Å²) in [6.07, 6.45) is 0. The van der Waals surface area contributed by atoms with Gasteiger partial charge in [0, 0.05) is 27.9 Å². The molecule has 1 aromatic rings. The Morgan fingerprint density at radius 1 is 1.18 bits per heavy atom. The van der Waals surface area contributed by atoms with Crippen LogP contribution in [0.3, 0.4) is 0 Å². The third-order valence-corrected chi connectivity index (χ3v) is 3.14. The average molecular weight is 283 g/mol. The van der Waals surface area contributed by atoms with Crippen LogP contribution >= 0.6 is 10.7 Å². The molecule has 0 unspecified atom stereocenters. The van der Waals surface area contributed by atoms with E-state index in [1.807, 2.05) is 0 Å². The number of benzene rings is 1. The quantitative estimate of drug-likeness (QED) is 0.777. The molecule has 0 N–H and O–H groups in total. The van der Waals surface area contributed by atoms with E-state index in [2.05, 4.69) is 0 Å². The highest BCUT2D eigenvalue weighted by Crippen LogP contribution is 2.31. The van der Waals surface area contributed by atoms with E-state index in [4.69, 9.17) is 20.2 Å². The second kappa shape index (κ2) is 5.55. The van der Waals surface area contributed by atoms with Crippen molar-refractivity contribution in [1.82, 2.24) is 0 Å². The lowest BCUT2D eigenvalue weighted by molar-refractivity contribution is 0.379. The van der Waals surface area contributed by atoms with Gasteiger partial charge in [-0.15, -0.1) is 0 Å². The van der Waals surface area contributed by atoms with E-state index < -0.39 is 21.5 Å². The molecule has 0 fully saturated rings. The zero-order chi connectivity index (χ0) is 13.1. The summed E-state index contributed by atoms with van der Waals surface area (Å²) < 4.78 is 44.7. The maximum atomic E-state index is 12.7. The Balaban J connectivity index is 3.28. The standard InChI is InChI=1S/C10H12ClFO4S/c1-15-9-4-10(16-2)8(3-7(9)5-12)6-17(11,13)14/h3-4H,5-6H2,1-2H3. The van der Waals surface area contributed by atoms with Gasteiger partial charge < -0.3 is 9.47 Å². The molecule has 0 heterocycles. The first kappa shape index (κ1) is 14.1. The molecule has 0 aromatic heterocycles. The molecule has 0 atom stereocenters. The number of rotatable bonds is 5. The third-order valence-electron chi connectivity index (χ3n) is 2.16. The molecule has 0 saturated carbocycles. The van der Waals surface area contributed by atoms with Gasteiger partial charge in [-0.1, -0.05) is 0 Å². The van der Waals surface area contributed by atoms with E-state index in [0.29, 0.717) is 17.1 Å². The summed E-state index contributed by atoms with van der Waals surface area (Å²) in [7, 11) is 4.21. The summed E-state index contributed by atoms with van der Waals surface area (Å²) in [6, 6.07) is 2.81. The molecular formula is C10H12ClFO4S. The highest BCUT2D eigenvalue weighted by Gasteiger charge is 2.16. The fourth-order valence-electron chi connectivity index (χ4n) is 1.44. The average Bonchev–Trinajstić information content (AvgIpc) is 2.26. The first-order valence-electron chi connectivity index (χ1n) is 4.63. The predicted octanol–water partition coefficient (Wildman–Crippen LogP) is 2.24. The van der Waals surface area contributed by atoms with Gasteiger partial charge in [-0.3, -0.25) is 0 Å². The SMILES string of the molecule is COc1cc(OC)c(CS(=O)(=O)Cl)cc1CF. The Bertz CT molecular complexity index is 501. The van der Waals surface area contributed by atoms with Gasteiger partial charge in [0.25, 0.3) is 0 Å². The van der Waals surface area contributed by atoms with Crippen molar-refractivity contribution in [3.63, 3.8) is 0 Å². The van der Waals surface area contributed by atoms with E-state index in [1.165, 1.54) is 26.4 Å². The van der Waals surface area contributed by atoms with E-state index in [-0.39, 0.29) is 5.56 Å².